The second kappa shape index (κ2) is 6.67. The van der Waals surface area contributed by atoms with Crippen molar-refractivity contribution in [1.29, 1.82) is 0 Å². The van der Waals surface area contributed by atoms with Crippen LogP contribution in [0.2, 0.25) is 0 Å². The topological polar surface area (TPSA) is 67.5 Å². The number of anilines is 2. The molecular formula is C10H14BrFN2O2. The van der Waals surface area contributed by atoms with E-state index in [-0.39, 0.29) is 12.4 Å². The number of nitrogen functional groups attached to an aromatic ring is 1. The van der Waals surface area contributed by atoms with Crippen LogP contribution in [0, 0.1) is 5.82 Å². The first-order chi connectivity index (χ1) is 7.65. The maximum absolute atomic E-state index is 13.0. The summed E-state index contributed by atoms with van der Waals surface area (Å²) >= 11 is 3.08. The van der Waals surface area contributed by atoms with Crippen LogP contribution in [-0.4, -0.2) is 31.5 Å². The molecule has 0 fully saturated rings. The lowest BCUT2D eigenvalue weighted by molar-refractivity contribution is 0.0992. The lowest BCUT2D eigenvalue weighted by Crippen LogP contribution is -2.12. The van der Waals surface area contributed by atoms with Gasteiger partial charge in [0.25, 0.3) is 0 Å². The van der Waals surface area contributed by atoms with Crippen LogP contribution in [0.4, 0.5) is 15.8 Å². The molecule has 0 saturated carbocycles. The summed E-state index contributed by atoms with van der Waals surface area (Å²) in [4.78, 5) is 0. The summed E-state index contributed by atoms with van der Waals surface area (Å²) in [6.07, 6.45) is 0. The predicted molar refractivity (Wildman–Crippen MR) is 64.9 cm³/mol. The number of benzene rings is 1. The zero-order chi connectivity index (χ0) is 12.0. The number of hydrogen-bond acceptors (Lipinski definition) is 4. The molecule has 0 amide bonds. The van der Waals surface area contributed by atoms with Crippen molar-refractivity contribution in [2.45, 2.75) is 0 Å². The second-order valence-electron chi connectivity index (χ2n) is 3.12. The molecule has 0 bridgehead atoms. The fraction of sp³-hybridized carbons (Fsp3) is 0.400. The third-order valence-electron chi connectivity index (χ3n) is 1.89. The molecule has 1 aromatic rings. The molecule has 4 N–H and O–H groups in total. The molecule has 0 radical (unpaired) electrons. The van der Waals surface area contributed by atoms with E-state index in [2.05, 4.69) is 21.2 Å². The highest BCUT2D eigenvalue weighted by molar-refractivity contribution is 9.10. The lowest BCUT2D eigenvalue weighted by atomic mass is 10.2. The van der Waals surface area contributed by atoms with Crippen molar-refractivity contribution in [2.24, 2.45) is 0 Å². The van der Waals surface area contributed by atoms with E-state index >= 15 is 0 Å². The van der Waals surface area contributed by atoms with E-state index in [0.717, 1.165) is 0 Å². The molecule has 0 spiro atoms. The Bertz CT molecular complexity index is 350. The van der Waals surface area contributed by atoms with E-state index in [0.29, 0.717) is 35.6 Å². The maximum Gasteiger partial charge on any atom is 0.139 e. The number of aliphatic hydroxyl groups is 1. The van der Waals surface area contributed by atoms with Crippen LogP contribution in [0.1, 0.15) is 0 Å². The summed E-state index contributed by atoms with van der Waals surface area (Å²) in [5.41, 5.74) is 6.63. The average molecular weight is 293 g/mol. The van der Waals surface area contributed by atoms with Gasteiger partial charge in [0.05, 0.1) is 35.7 Å². The quantitative estimate of drug-likeness (QED) is 0.550. The van der Waals surface area contributed by atoms with Gasteiger partial charge in [-0.25, -0.2) is 4.39 Å². The molecule has 1 aromatic carbocycles. The van der Waals surface area contributed by atoms with Gasteiger partial charge in [-0.15, -0.1) is 0 Å². The van der Waals surface area contributed by atoms with Gasteiger partial charge < -0.3 is 20.9 Å². The van der Waals surface area contributed by atoms with E-state index < -0.39 is 0 Å². The van der Waals surface area contributed by atoms with Gasteiger partial charge in [0.1, 0.15) is 5.82 Å². The smallest absolute Gasteiger partial charge is 0.139 e. The molecule has 0 aliphatic heterocycles. The summed E-state index contributed by atoms with van der Waals surface area (Å²) in [6.45, 7) is 1.31. The van der Waals surface area contributed by atoms with E-state index in [9.17, 15) is 4.39 Å². The van der Waals surface area contributed by atoms with Crippen LogP contribution < -0.4 is 11.1 Å². The first-order valence-corrected chi connectivity index (χ1v) is 5.61. The normalized spacial score (nSPS) is 10.4. The Morgan fingerprint density at radius 1 is 1.44 bits per heavy atom. The summed E-state index contributed by atoms with van der Waals surface area (Å²) in [7, 11) is 0. The molecule has 4 nitrogen and oxygen atoms in total. The molecule has 0 heterocycles. The van der Waals surface area contributed by atoms with Crippen molar-refractivity contribution in [1.82, 2.24) is 0 Å². The number of aliphatic hydroxyl groups excluding tert-OH is 1. The highest BCUT2D eigenvalue weighted by Gasteiger charge is 2.05. The zero-order valence-electron chi connectivity index (χ0n) is 8.67. The van der Waals surface area contributed by atoms with Gasteiger partial charge in [0, 0.05) is 12.6 Å². The standard InChI is InChI=1S/C10H14BrFN2O2/c11-7-5-10(9(13)6-8(7)12)14-1-3-16-4-2-15/h5-6,14-15H,1-4,13H2. The Balaban J connectivity index is 2.45. The summed E-state index contributed by atoms with van der Waals surface area (Å²) < 4.78 is 18.5. The van der Waals surface area contributed by atoms with Crippen LogP contribution in [-0.2, 0) is 4.74 Å². The molecule has 6 heteroatoms. The number of nitrogens with one attached hydrogen (secondary N) is 1. The third kappa shape index (κ3) is 3.96. The van der Waals surface area contributed by atoms with Gasteiger partial charge in [-0.05, 0) is 22.0 Å². The van der Waals surface area contributed by atoms with Crippen LogP contribution in [0.3, 0.4) is 0 Å². The summed E-state index contributed by atoms with van der Waals surface area (Å²) in [5.74, 6) is -0.389. The number of halogens is 2. The Morgan fingerprint density at radius 3 is 2.88 bits per heavy atom. The van der Waals surface area contributed by atoms with Gasteiger partial charge in [-0.3, -0.25) is 0 Å². The molecule has 0 aromatic heterocycles. The van der Waals surface area contributed by atoms with Gasteiger partial charge in [0.15, 0.2) is 0 Å². The molecule has 90 valence electrons. The number of hydrogen-bond donors (Lipinski definition) is 3. The largest absolute Gasteiger partial charge is 0.397 e. The molecule has 16 heavy (non-hydrogen) atoms. The molecule has 0 atom stereocenters. The van der Waals surface area contributed by atoms with E-state index in [1.54, 1.807) is 6.07 Å². The minimum Gasteiger partial charge on any atom is -0.397 e. The zero-order valence-corrected chi connectivity index (χ0v) is 10.3. The molecule has 0 aliphatic carbocycles. The van der Waals surface area contributed by atoms with E-state index in [4.69, 9.17) is 15.6 Å². The fourth-order valence-corrected chi connectivity index (χ4v) is 1.48. The number of nitrogens with two attached hydrogens (primary N) is 1. The van der Waals surface area contributed by atoms with E-state index in [1.165, 1.54) is 6.07 Å². The van der Waals surface area contributed by atoms with Gasteiger partial charge >= 0.3 is 0 Å². The highest BCUT2D eigenvalue weighted by Crippen LogP contribution is 2.26. The lowest BCUT2D eigenvalue weighted by Gasteiger charge is -2.10. The fourth-order valence-electron chi connectivity index (χ4n) is 1.14. The van der Waals surface area contributed by atoms with Crippen molar-refractivity contribution in [3.8, 4) is 0 Å². The minimum atomic E-state index is -0.389. The van der Waals surface area contributed by atoms with Crippen molar-refractivity contribution in [3.05, 3.63) is 22.4 Å². The van der Waals surface area contributed by atoms with Crippen molar-refractivity contribution >= 4 is 27.3 Å². The molecule has 0 saturated heterocycles. The Hall–Kier alpha value is -0.850. The van der Waals surface area contributed by atoms with Crippen LogP contribution in [0.25, 0.3) is 0 Å². The Kier molecular flexibility index (Phi) is 5.51. The van der Waals surface area contributed by atoms with Gasteiger partial charge in [-0.2, -0.15) is 0 Å². The summed E-state index contributed by atoms with van der Waals surface area (Å²) in [5, 5.41) is 11.5. The molecule has 0 aliphatic rings. The van der Waals surface area contributed by atoms with Crippen LogP contribution in [0.5, 0.6) is 0 Å². The SMILES string of the molecule is Nc1cc(F)c(Br)cc1NCCOCCO. The van der Waals surface area contributed by atoms with Crippen molar-refractivity contribution < 1.29 is 14.2 Å². The first-order valence-electron chi connectivity index (χ1n) is 4.82. The Morgan fingerprint density at radius 2 is 2.19 bits per heavy atom. The molecule has 0 unspecified atom stereocenters. The average Bonchev–Trinajstić information content (AvgIpc) is 2.25. The first kappa shape index (κ1) is 13.2. The number of rotatable bonds is 6. The van der Waals surface area contributed by atoms with E-state index in [1.807, 2.05) is 0 Å². The predicted octanol–water partition coefficient (Wildman–Crippen LogP) is 1.59. The van der Waals surface area contributed by atoms with Crippen molar-refractivity contribution in [2.75, 3.05) is 37.4 Å². The Labute approximate surface area is 102 Å². The molecule has 1 rings (SSSR count). The van der Waals surface area contributed by atoms with Crippen LogP contribution in [0.15, 0.2) is 16.6 Å². The van der Waals surface area contributed by atoms with Crippen LogP contribution >= 0.6 is 15.9 Å². The second-order valence-corrected chi connectivity index (χ2v) is 3.97. The van der Waals surface area contributed by atoms with Crippen molar-refractivity contribution in [3.63, 3.8) is 0 Å². The maximum atomic E-state index is 13.0. The van der Waals surface area contributed by atoms with Gasteiger partial charge in [-0.1, -0.05) is 0 Å². The monoisotopic (exact) mass is 292 g/mol. The number of ether oxygens (including phenoxy) is 1. The summed E-state index contributed by atoms with van der Waals surface area (Å²) in [6, 6.07) is 2.83. The third-order valence-corrected chi connectivity index (χ3v) is 2.50. The highest BCUT2D eigenvalue weighted by atomic mass is 79.9. The minimum absolute atomic E-state index is 0.00420. The molecular weight excluding hydrogens is 279 g/mol. The van der Waals surface area contributed by atoms with Gasteiger partial charge in [0.2, 0.25) is 0 Å².